The van der Waals surface area contributed by atoms with Crippen molar-refractivity contribution in [2.45, 2.75) is 25.9 Å². The number of aliphatic hydroxyl groups is 1. The molecule has 0 atom stereocenters. The minimum Gasteiger partial charge on any atom is -0.396 e. The van der Waals surface area contributed by atoms with Gasteiger partial charge in [-0.3, -0.25) is 0 Å². The smallest absolute Gasteiger partial charge is 0.0644 e. The standard InChI is InChI=1S/C6H14O2.CH3/c1-6(2,8-3)4-5-7;/h7H,4-5H2,1-3H3;1H3. The van der Waals surface area contributed by atoms with Crippen molar-refractivity contribution in [3.05, 3.63) is 7.43 Å². The predicted octanol–water partition coefficient (Wildman–Crippen LogP) is 1.24. The number of ether oxygens (including phenoxy) is 1. The lowest BCUT2D eigenvalue weighted by atomic mass is 10.1. The zero-order valence-electron chi connectivity index (χ0n) is 6.77. The average molecular weight is 133 g/mol. The summed E-state index contributed by atoms with van der Waals surface area (Å²) in [7, 11) is 1.65. The molecular weight excluding hydrogens is 116 g/mol. The molecule has 0 aliphatic rings. The van der Waals surface area contributed by atoms with Crippen LogP contribution in [-0.4, -0.2) is 24.4 Å². The van der Waals surface area contributed by atoms with E-state index in [-0.39, 0.29) is 19.6 Å². The minimum atomic E-state index is -0.158. The highest BCUT2D eigenvalue weighted by Crippen LogP contribution is 2.10. The van der Waals surface area contributed by atoms with Crippen molar-refractivity contribution in [1.29, 1.82) is 0 Å². The second-order valence-corrected chi connectivity index (χ2v) is 2.44. The minimum absolute atomic E-state index is 0. The van der Waals surface area contributed by atoms with E-state index in [4.69, 9.17) is 9.84 Å². The van der Waals surface area contributed by atoms with E-state index in [1.165, 1.54) is 0 Å². The Morgan fingerprint density at radius 2 is 1.89 bits per heavy atom. The topological polar surface area (TPSA) is 29.5 Å². The molecule has 57 valence electrons. The number of hydrogen-bond acceptors (Lipinski definition) is 2. The lowest BCUT2D eigenvalue weighted by molar-refractivity contribution is 0.00293. The van der Waals surface area contributed by atoms with Crippen LogP contribution in [0.2, 0.25) is 0 Å². The summed E-state index contributed by atoms with van der Waals surface area (Å²) in [6.07, 6.45) is 0.698. The van der Waals surface area contributed by atoms with Gasteiger partial charge in [-0.2, -0.15) is 0 Å². The maximum Gasteiger partial charge on any atom is 0.0644 e. The fourth-order valence-electron chi connectivity index (χ4n) is 0.371. The molecule has 0 amide bonds. The zero-order chi connectivity index (χ0) is 6.62. The van der Waals surface area contributed by atoms with Crippen LogP contribution < -0.4 is 0 Å². The lowest BCUT2D eigenvalue weighted by Gasteiger charge is -2.20. The molecular formula is C7H17O2. The molecule has 0 heterocycles. The van der Waals surface area contributed by atoms with Crippen molar-refractivity contribution in [1.82, 2.24) is 0 Å². The van der Waals surface area contributed by atoms with Crippen molar-refractivity contribution in [2.24, 2.45) is 0 Å². The first-order valence-corrected chi connectivity index (χ1v) is 2.78. The maximum absolute atomic E-state index is 8.45. The van der Waals surface area contributed by atoms with Crippen molar-refractivity contribution in [3.63, 3.8) is 0 Å². The van der Waals surface area contributed by atoms with Gasteiger partial charge < -0.3 is 9.84 Å². The van der Waals surface area contributed by atoms with Crippen LogP contribution in [0.15, 0.2) is 0 Å². The summed E-state index contributed by atoms with van der Waals surface area (Å²) < 4.78 is 5.02. The first-order chi connectivity index (χ1) is 3.62. The third-order valence-electron chi connectivity index (χ3n) is 1.27. The molecule has 2 nitrogen and oxygen atoms in total. The molecule has 0 aliphatic heterocycles. The van der Waals surface area contributed by atoms with Gasteiger partial charge in [-0.1, -0.05) is 7.43 Å². The Morgan fingerprint density at radius 3 is 2.00 bits per heavy atom. The van der Waals surface area contributed by atoms with E-state index in [0.717, 1.165) is 0 Å². The van der Waals surface area contributed by atoms with Crippen molar-refractivity contribution in [2.75, 3.05) is 13.7 Å². The highest BCUT2D eigenvalue weighted by Gasteiger charge is 2.13. The first kappa shape index (κ1) is 11.7. The van der Waals surface area contributed by atoms with Gasteiger partial charge in [0.05, 0.1) is 5.60 Å². The second kappa shape index (κ2) is 4.77. The molecule has 0 fully saturated rings. The van der Waals surface area contributed by atoms with Crippen LogP contribution in [0.1, 0.15) is 20.3 Å². The molecule has 0 aromatic rings. The molecule has 0 spiro atoms. The van der Waals surface area contributed by atoms with Gasteiger partial charge in [-0.15, -0.1) is 0 Å². The van der Waals surface area contributed by atoms with E-state index in [2.05, 4.69) is 0 Å². The third kappa shape index (κ3) is 5.80. The molecule has 9 heavy (non-hydrogen) atoms. The van der Waals surface area contributed by atoms with Gasteiger partial charge in [0.2, 0.25) is 0 Å². The van der Waals surface area contributed by atoms with Crippen LogP contribution in [0.25, 0.3) is 0 Å². The van der Waals surface area contributed by atoms with Crippen LogP contribution in [0.4, 0.5) is 0 Å². The molecule has 0 rings (SSSR count). The van der Waals surface area contributed by atoms with Gasteiger partial charge in [-0.25, -0.2) is 0 Å². The monoisotopic (exact) mass is 133 g/mol. The highest BCUT2D eigenvalue weighted by molar-refractivity contribution is 4.65. The Labute approximate surface area is 57.8 Å². The summed E-state index contributed by atoms with van der Waals surface area (Å²) in [5.74, 6) is 0. The molecule has 1 radical (unpaired) electrons. The molecule has 0 unspecified atom stereocenters. The molecule has 0 aliphatic carbocycles. The van der Waals surface area contributed by atoms with Crippen molar-refractivity contribution in [3.8, 4) is 0 Å². The number of hydrogen-bond donors (Lipinski definition) is 1. The van der Waals surface area contributed by atoms with Gasteiger partial charge in [-0.05, 0) is 20.3 Å². The van der Waals surface area contributed by atoms with Gasteiger partial charge in [0.15, 0.2) is 0 Å². The van der Waals surface area contributed by atoms with Crippen LogP contribution in [0, 0.1) is 7.43 Å². The van der Waals surface area contributed by atoms with E-state index in [0.29, 0.717) is 6.42 Å². The maximum atomic E-state index is 8.45. The highest BCUT2D eigenvalue weighted by atomic mass is 16.5. The number of methoxy groups -OCH3 is 1. The summed E-state index contributed by atoms with van der Waals surface area (Å²) in [6, 6.07) is 0. The lowest BCUT2D eigenvalue weighted by Crippen LogP contribution is -2.23. The Hall–Kier alpha value is -0.0800. The van der Waals surface area contributed by atoms with Gasteiger partial charge >= 0.3 is 0 Å². The predicted molar refractivity (Wildman–Crippen MR) is 39.2 cm³/mol. The van der Waals surface area contributed by atoms with E-state index in [1.54, 1.807) is 7.11 Å². The van der Waals surface area contributed by atoms with Gasteiger partial charge in [0.25, 0.3) is 0 Å². The molecule has 2 heteroatoms. The summed E-state index contributed by atoms with van der Waals surface area (Å²) in [5.41, 5.74) is -0.158. The summed E-state index contributed by atoms with van der Waals surface area (Å²) in [5, 5.41) is 8.45. The van der Waals surface area contributed by atoms with Crippen molar-refractivity contribution < 1.29 is 9.84 Å². The largest absolute Gasteiger partial charge is 0.396 e. The zero-order valence-corrected chi connectivity index (χ0v) is 6.77. The van der Waals surface area contributed by atoms with Crippen LogP contribution >= 0.6 is 0 Å². The Morgan fingerprint density at radius 1 is 1.44 bits per heavy atom. The van der Waals surface area contributed by atoms with E-state index < -0.39 is 0 Å². The Kier molecular flexibility index (Phi) is 6.19. The molecule has 0 saturated carbocycles. The fourth-order valence-corrected chi connectivity index (χ4v) is 0.371. The van der Waals surface area contributed by atoms with Crippen LogP contribution in [0.5, 0.6) is 0 Å². The molecule has 0 aromatic carbocycles. The third-order valence-corrected chi connectivity index (χ3v) is 1.27. The normalized spacial score (nSPS) is 10.7. The summed E-state index contributed by atoms with van der Waals surface area (Å²) in [6.45, 7) is 4.09. The number of aliphatic hydroxyl groups excluding tert-OH is 1. The summed E-state index contributed by atoms with van der Waals surface area (Å²) >= 11 is 0. The SMILES string of the molecule is COC(C)(C)CCO.[CH3]. The fraction of sp³-hybridized carbons (Fsp3) is 0.857. The second-order valence-electron chi connectivity index (χ2n) is 2.44. The summed E-state index contributed by atoms with van der Waals surface area (Å²) in [4.78, 5) is 0. The van der Waals surface area contributed by atoms with E-state index in [1.807, 2.05) is 13.8 Å². The van der Waals surface area contributed by atoms with Crippen LogP contribution in [-0.2, 0) is 4.74 Å². The molecule has 0 aromatic heterocycles. The first-order valence-electron chi connectivity index (χ1n) is 2.78. The molecule has 0 bridgehead atoms. The molecule has 1 N–H and O–H groups in total. The Balaban J connectivity index is 0. The quantitative estimate of drug-likeness (QED) is 0.627. The molecule has 0 saturated heterocycles. The van der Waals surface area contributed by atoms with Gasteiger partial charge in [0.1, 0.15) is 0 Å². The Bertz CT molecular complexity index is 59.9. The van der Waals surface area contributed by atoms with Crippen molar-refractivity contribution >= 4 is 0 Å². The number of rotatable bonds is 3. The van der Waals surface area contributed by atoms with E-state index >= 15 is 0 Å². The average Bonchev–Trinajstić information content (AvgIpc) is 1.67. The van der Waals surface area contributed by atoms with E-state index in [9.17, 15) is 0 Å². The van der Waals surface area contributed by atoms with Gasteiger partial charge in [0, 0.05) is 13.7 Å². The van der Waals surface area contributed by atoms with Crippen LogP contribution in [0.3, 0.4) is 0 Å².